The lowest BCUT2D eigenvalue weighted by Gasteiger charge is -2.06. The molecule has 0 saturated carbocycles. The molecule has 0 unspecified atom stereocenters. The molecule has 3 rings (SSSR count). The Hall–Kier alpha value is -2.36. The van der Waals surface area contributed by atoms with Gasteiger partial charge in [0.05, 0.1) is 12.3 Å². The van der Waals surface area contributed by atoms with Crippen molar-refractivity contribution in [3.05, 3.63) is 74.7 Å². The van der Waals surface area contributed by atoms with E-state index >= 15 is 0 Å². The summed E-state index contributed by atoms with van der Waals surface area (Å²) in [6.07, 6.45) is 2.18. The molecule has 6 heteroatoms. The molecule has 4 nitrogen and oxygen atoms in total. The standard InChI is InChI=1S/C19H17N3OS2/c1-3-6-13-7-4-8-14(11-13)12-25-19-21-16(15-9-5-10-24-15)17(20-2)18(23)22-19/h4-5,7-11H,3,6,12H2,1H3,(H,21,22,23). The van der Waals surface area contributed by atoms with Gasteiger partial charge in [-0.3, -0.25) is 4.79 Å². The van der Waals surface area contributed by atoms with E-state index < -0.39 is 0 Å². The van der Waals surface area contributed by atoms with Crippen molar-refractivity contribution in [1.82, 2.24) is 9.97 Å². The van der Waals surface area contributed by atoms with Gasteiger partial charge in [-0.2, -0.15) is 0 Å². The zero-order valence-corrected chi connectivity index (χ0v) is 15.4. The van der Waals surface area contributed by atoms with E-state index in [0.717, 1.165) is 23.5 Å². The fourth-order valence-electron chi connectivity index (χ4n) is 2.52. The lowest BCUT2D eigenvalue weighted by molar-refractivity contribution is 0.919. The first kappa shape index (κ1) is 17.5. The third-order valence-electron chi connectivity index (χ3n) is 3.65. The Balaban J connectivity index is 1.85. The van der Waals surface area contributed by atoms with E-state index in [4.69, 9.17) is 6.57 Å². The van der Waals surface area contributed by atoms with E-state index in [1.165, 1.54) is 34.2 Å². The number of nitrogens with one attached hydrogen (secondary N) is 1. The van der Waals surface area contributed by atoms with Crippen molar-refractivity contribution in [1.29, 1.82) is 0 Å². The third kappa shape index (κ3) is 4.19. The van der Waals surface area contributed by atoms with E-state index in [1.54, 1.807) is 0 Å². The number of thiophene rings is 1. The second-order valence-corrected chi connectivity index (χ2v) is 7.43. The molecule has 2 aromatic heterocycles. The summed E-state index contributed by atoms with van der Waals surface area (Å²) in [5, 5.41) is 2.46. The number of rotatable bonds is 6. The predicted molar refractivity (Wildman–Crippen MR) is 104 cm³/mol. The Kier molecular flexibility index (Phi) is 5.69. The fraction of sp³-hybridized carbons (Fsp3) is 0.211. The van der Waals surface area contributed by atoms with Crippen LogP contribution in [0.5, 0.6) is 0 Å². The number of benzene rings is 1. The van der Waals surface area contributed by atoms with Crippen LogP contribution in [0.25, 0.3) is 15.4 Å². The number of nitrogens with zero attached hydrogens (tertiary/aromatic N) is 2. The van der Waals surface area contributed by atoms with Gasteiger partial charge in [0, 0.05) is 10.6 Å². The van der Waals surface area contributed by atoms with Gasteiger partial charge in [0.15, 0.2) is 5.16 Å². The normalized spacial score (nSPS) is 10.6. The van der Waals surface area contributed by atoms with Gasteiger partial charge < -0.3 is 4.98 Å². The number of aryl methyl sites for hydroxylation is 1. The van der Waals surface area contributed by atoms with Gasteiger partial charge in [0.2, 0.25) is 0 Å². The number of thioether (sulfide) groups is 1. The van der Waals surface area contributed by atoms with Crippen LogP contribution in [0.1, 0.15) is 24.5 Å². The highest BCUT2D eigenvalue weighted by Crippen LogP contribution is 2.31. The summed E-state index contributed by atoms with van der Waals surface area (Å²) in [5.41, 5.74) is 2.67. The van der Waals surface area contributed by atoms with Crippen LogP contribution in [-0.2, 0) is 12.2 Å². The molecule has 0 radical (unpaired) electrons. The number of aromatic amines is 1. The first-order valence-corrected chi connectivity index (χ1v) is 9.84. The van der Waals surface area contributed by atoms with Gasteiger partial charge in [0.1, 0.15) is 0 Å². The molecule has 1 aromatic carbocycles. The predicted octanol–water partition coefficient (Wildman–Crippen LogP) is 5.29. The Morgan fingerprint density at radius 3 is 2.84 bits per heavy atom. The molecular formula is C19H17N3OS2. The molecule has 3 aromatic rings. The maximum absolute atomic E-state index is 12.2. The lowest BCUT2D eigenvalue weighted by Crippen LogP contribution is -2.09. The van der Waals surface area contributed by atoms with Crippen molar-refractivity contribution in [3.8, 4) is 10.6 Å². The summed E-state index contributed by atoms with van der Waals surface area (Å²) in [6, 6.07) is 12.3. The topological polar surface area (TPSA) is 50.1 Å². The van der Waals surface area contributed by atoms with Gasteiger partial charge in [-0.05, 0) is 29.0 Å². The Morgan fingerprint density at radius 2 is 2.12 bits per heavy atom. The highest BCUT2D eigenvalue weighted by molar-refractivity contribution is 7.98. The zero-order valence-electron chi connectivity index (χ0n) is 13.8. The summed E-state index contributed by atoms with van der Waals surface area (Å²) in [7, 11) is 0. The minimum Gasteiger partial charge on any atom is -0.311 e. The molecule has 126 valence electrons. The molecule has 0 aliphatic rings. The molecule has 0 aliphatic carbocycles. The largest absolute Gasteiger partial charge is 0.311 e. The zero-order chi connectivity index (χ0) is 17.6. The Labute approximate surface area is 154 Å². The van der Waals surface area contributed by atoms with Crippen molar-refractivity contribution in [2.45, 2.75) is 30.7 Å². The third-order valence-corrected chi connectivity index (χ3v) is 5.47. The van der Waals surface area contributed by atoms with Crippen LogP contribution in [0.4, 0.5) is 5.69 Å². The van der Waals surface area contributed by atoms with Crippen LogP contribution in [-0.4, -0.2) is 9.97 Å². The van der Waals surface area contributed by atoms with Crippen LogP contribution in [0.3, 0.4) is 0 Å². The molecule has 0 aliphatic heterocycles. The maximum Gasteiger partial charge on any atom is 0.276 e. The molecular weight excluding hydrogens is 350 g/mol. The average molecular weight is 367 g/mol. The first-order valence-electron chi connectivity index (χ1n) is 7.97. The molecule has 1 N–H and O–H groups in total. The smallest absolute Gasteiger partial charge is 0.276 e. The van der Waals surface area contributed by atoms with Gasteiger partial charge in [-0.15, -0.1) is 11.3 Å². The molecule has 0 spiro atoms. The van der Waals surface area contributed by atoms with E-state index in [-0.39, 0.29) is 11.2 Å². The molecule has 0 amide bonds. The molecule has 0 atom stereocenters. The van der Waals surface area contributed by atoms with Gasteiger partial charge in [0.25, 0.3) is 11.2 Å². The number of H-pyrrole nitrogens is 1. The van der Waals surface area contributed by atoms with Crippen molar-refractivity contribution in [2.75, 3.05) is 0 Å². The lowest BCUT2D eigenvalue weighted by atomic mass is 10.1. The monoisotopic (exact) mass is 367 g/mol. The Bertz CT molecular complexity index is 956. The molecule has 25 heavy (non-hydrogen) atoms. The number of hydrogen-bond acceptors (Lipinski definition) is 4. The van der Waals surface area contributed by atoms with Gasteiger partial charge >= 0.3 is 0 Å². The minimum absolute atomic E-state index is 0.0525. The highest BCUT2D eigenvalue weighted by atomic mass is 32.2. The van der Waals surface area contributed by atoms with E-state index in [1.807, 2.05) is 17.5 Å². The molecule has 0 fully saturated rings. The van der Waals surface area contributed by atoms with E-state index in [9.17, 15) is 4.79 Å². The van der Waals surface area contributed by atoms with Crippen molar-refractivity contribution < 1.29 is 0 Å². The maximum atomic E-state index is 12.2. The summed E-state index contributed by atoms with van der Waals surface area (Å²) >= 11 is 2.96. The van der Waals surface area contributed by atoms with Crippen molar-refractivity contribution >= 4 is 28.8 Å². The second kappa shape index (κ2) is 8.15. The molecule has 2 heterocycles. The summed E-state index contributed by atoms with van der Waals surface area (Å²) in [6.45, 7) is 9.43. The minimum atomic E-state index is -0.379. The summed E-state index contributed by atoms with van der Waals surface area (Å²) in [5.74, 6) is 0.724. The van der Waals surface area contributed by atoms with E-state index in [2.05, 4.69) is 46.0 Å². The van der Waals surface area contributed by atoms with E-state index in [0.29, 0.717) is 10.9 Å². The first-order chi connectivity index (χ1) is 12.2. The SMILES string of the molecule is [C-]#[N+]c1c(-c2cccs2)nc(SCc2cccc(CCC)c2)[nH]c1=O. The van der Waals surface area contributed by atoms with Crippen molar-refractivity contribution in [2.24, 2.45) is 0 Å². The average Bonchev–Trinajstić information content (AvgIpc) is 3.15. The fourth-order valence-corrected chi connectivity index (χ4v) is 4.04. The number of aromatic nitrogens is 2. The highest BCUT2D eigenvalue weighted by Gasteiger charge is 2.14. The van der Waals surface area contributed by atoms with Crippen LogP contribution in [0.15, 0.2) is 51.7 Å². The summed E-state index contributed by atoms with van der Waals surface area (Å²) in [4.78, 5) is 23.7. The second-order valence-electron chi connectivity index (χ2n) is 5.52. The van der Waals surface area contributed by atoms with Crippen molar-refractivity contribution in [3.63, 3.8) is 0 Å². The quantitative estimate of drug-likeness (QED) is 0.366. The molecule has 0 bridgehead atoms. The van der Waals surface area contributed by atoms with Crippen LogP contribution in [0, 0.1) is 6.57 Å². The summed E-state index contributed by atoms with van der Waals surface area (Å²) < 4.78 is 0. The number of hydrogen-bond donors (Lipinski definition) is 1. The Morgan fingerprint density at radius 1 is 1.28 bits per heavy atom. The van der Waals surface area contributed by atoms with Crippen LogP contribution < -0.4 is 5.56 Å². The van der Waals surface area contributed by atoms with Crippen LogP contribution in [0.2, 0.25) is 0 Å². The van der Waals surface area contributed by atoms with Gasteiger partial charge in [-0.1, -0.05) is 55.4 Å². The van der Waals surface area contributed by atoms with Gasteiger partial charge in [-0.25, -0.2) is 9.83 Å². The molecule has 0 saturated heterocycles. The van der Waals surface area contributed by atoms with Crippen LogP contribution >= 0.6 is 23.1 Å².